The molecule has 0 spiro atoms. The number of nitrogens with zero attached hydrogens (tertiary/aromatic N) is 2. The standard InChI is InChI=1S/C11H11FN2S.ClH/c12-9-3-1-8(2-4-9)10-7-14-5-6-15-11(14)13-10;/h1-4,10H,5-7H2;1H. The van der Waals surface area contributed by atoms with Crippen molar-refractivity contribution in [2.75, 3.05) is 18.8 Å². The van der Waals surface area contributed by atoms with Gasteiger partial charge in [0.1, 0.15) is 5.82 Å². The quantitative estimate of drug-likeness (QED) is 0.770. The number of rotatable bonds is 1. The molecule has 1 fully saturated rings. The molecule has 0 radical (unpaired) electrons. The first kappa shape index (κ1) is 11.7. The van der Waals surface area contributed by atoms with Crippen molar-refractivity contribution < 1.29 is 4.39 Å². The average molecular weight is 259 g/mol. The van der Waals surface area contributed by atoms with Gasteiger partial charge in [0.2, 0.25) is 0 Å². The van der Waals surface area contributed by atoms with Crippen LogP contribution in [0.1, 0.15) is 11.6 Å². The van der Waals surface area contributed by atoms with Crippen LogP contribution in [0.4, 0.5) is 4.39 Å². The van der Waals surface area contributed by atoms with Crippen molar-refractivity contribution in [2.24, 2.45) is 4.99 Å². The zero-order chi connectivity index (χ0) is 10.3. The third kappa shape index (κ3) is 2.04. The van der Waals surface area contributed by atoms with Crippen LogP contribution in [0.2, 0.25) is 0 Å². The van der Waals surface area contributed by atoms with E-state index in [-0.39, 0.29) is 24.3 Å². The lowest BCUT2D eigenvalue weighted by Gasteiger charge is -2.12. The number of hydrogen-bond acceptors (Lipinski definition) is 3. The summed E-state index contributed by atoms with van der Waals surface area (Å²) in [5, 5.41) is 1.16. The Morgan fingerprint density at radius 1 is 1.31 bits per heavy atom. The number of fused-ring (bicyclic) bond motifs is 1. The maximum Gasteiger partial charge on any atom is 0.160 e. The Balaban J connectivity index is 0.000000963. The topological polar surface area (TPSA) is 15.6 Å². The molecule has 2 aliphatic heterocycles. The zero-order valence-corrected chi connectivity index (χ0v) is 10.2. The van der Waals surface area contributed by atoms with Gasteiger partial charge in [0.15, 0.2) is 5.17 Å². The van der Waals surface area contributed by atoms with Gasteiger partial charge in [-0.15, -0.1) is 12.4 Å². The molecule has 1 atom stereocenters. The first-order valence-corrected chi connectivity index (χ1v) is 6.02. The molecule has 2 nitrogen and oxygen atoms in total. The first-order valence-electron chi connectivity index (χ1n) is 5.04. The first-order chi connectivity index (χ1) is 7.33. The van der Waals surface area contributed by atoms with Gasteiger partial charge in [-0.2, -0.15) is 0 Å². The van der Waals surface area contributed by atoms with Gasteiger partial charge in [-0.25, -0.2) is 4.39 Å². The summed E-state index contributed by atoms with van der Waals surface area (Å²) in [5.74, 6) is 0.967. The van der Waals surface area contributed by atoms with Gasteiger partial charge in [0.05, 0.1) is 6.04 Å². The highest BCUT2D eigenvalue weighted by Crippen LogP contribution is 2.32. The molecule has 5 heteroatoms. The van der Waals surface area contributed by atoms with Crippen LogP contribution in [0.5, 0.6) is 0 Å². The van der Waals surface area contributed by atoms with Crippen LogP contribution in [-0.4, -0.2) is 28.9 Å². The zero-order valence-electron chi connectivity index (χ0n) is 8.60. The predicted octanol–water partition coefficient (Wildman–Crippen LogP) is 2.71. The molecule has 0 bridgehead atoms. The van der Waals surface area contributed by atoms with E-state index in [2.05, 4.69) is 9.89 Å². The number of amidine groups is 1. The smallest absolute Gasteiger partial charge is 0.160 e. The highest BCUT2D eigenvalue weighted by molar-refractivity contribution is 8.14. The van der Waals surface area contributed by atoms with Crippen LogP contribution >= 0.6 is 24.2 Å². The van der Waals surface area contributed by atoms with Gasteiger partial charge in [-0.05, 0) is 17.7 Å². The number of thioether (sulfide) groups is 1. The summed E-state index contributed by atoms with van der Waals surface area (Å²) in [6.45, 7) is 2.05. The normalized spacial score (nSPS) is 22.7. The van der Waals surface area contributed by atoms with Gasteiger partial charge in [0.25, 0.3) is 0 Å². The number of aliphatic imine (C=N–C) groups is 1. The summed E-state index contributed by atoms with van der Waals surface area (Å²) in [5.41, 5.74) is 1.11. The van der Waals surface area contributed by atoms with Crippen molar-refractivity contribution in [3.05, 3.63) is 35.6 Å². The molecule has 2 heterocycles. The molecule has 3 rings (SSSR count). The average Bonchev–Trinajstić information content (AvgIpc) is 2.78. The summed E-state index contributed by atoms with van der Waals surface area (Å²) in [6, 6.07) is 6.87. The minimum absolute atomic E-state index is 0. The molecule has 2 aliphatic rings. The molecule has 1 aromatic carbocycles. The summed E-state index contributed by atoms with van der Waals surface area (Å²) < 4.78 is 12.8. The predicted molar refractivity (Wildman–Crippen MR) is 67.9 cm³/mol. The second-order valence-electron chi connectivity index (χ2n) is 3.77. The van der Waals surface area contributed by atoms with E-state index in [4.69, 9.17) is 0 Å². The Morgan fingerprint density at radius 3 is 2.75 bits per heavy atom. The second kappa shape index (κ2) is 4.63. The Kier molecular flexibility index (Phi) is 3.40. The summed E-state index contributed by atoms with van der Waals surface area (Å²) in [6.07, 6.45) is 0. The molecule has 0 amide bonds. The SMILES string of the molecule is Cl.Fc1ccc(C2CN3CCSC3=N2)cc1. The highest BCUT2D eigenvalue weighted by atomic mass is 35.5. The molecule has 0 aliphatic carbocycles. The van der Waals surface area contributed by atoms with E-state index in [1.807, 2.05) is 23.9 Å². The van der Waals surface area contributed by atoms with Gasteiger partial charge >= 0.3 is 0 Å². The van der Waals surface area contributed by atoms with Gasteiger partial charge in [-0.1, -0.05) is 23.9 Å². The Bertz CT molecular complexity index is 407. The summed E-state index contributed by atoms with van der Waals surface area (Å²) >= 11 is 1.82. The van der Waals surface area contributed by atoms with E-state index >= 15 is 0 Å². The molecule has 16 heavy (non-hydrogen) atoms. The van der Waals surface area contributed by atoms with E-state index in [9.17, 15) is 4.39 Å². The van der Waals surface area contributed by atoms with Crippen LogP contribution in [0.25, 0.3) is 0 Å². The molecular weight excluding hydrogens is 247 g/mol. The molecule has 0 N–H and O–H groups in total. The number of benzene rings is 1. The van der Waals surface area contributed by atoms with Crippen molar-refractivity contribution in [1.29, 1.82) is 0 Å². The fraction of sp³-hybridized carbons (Fsp3) is 0.364. The molecule has 0 aromatic heterocycles. The molecule has 1 unspecified atom stereocenters. The third-order valence-corrected chi connectivity index (χ3v) is 3.79. The van der Waals surface area contributed by atoms with Crippen LogP contribution < -0.4 is 0 Å². The van der Waals surface area contributed by atoms with Crippen molar-refractivity contribution in [1.82, 2.24) is 4.90 Å². The minimum atomic E-state index is -0.181. The third-order valence-electron chi connectivity index (χ3n) is 2.78. The maximum absolute atomic E-state index is 12.8. The molecule has 0 saturated carbocycles. The van der Waals surface area contributed by atoms with Crippen LogP contribution in [0, 0.1) is 5.82 Å². The lowest BCUT2D eigenvalue weighted by molar-refractivity contribution is 0.464. The van der Waals surface area contributed by atoms with Crippen molar-refractivity contribution in [3.63, 3.8) is 0 Å². The fourth-order valence-electron chi connectivity index (χ4n) is 1.97. The highest BCUT2D eigenvalue weighted by Gasteiger charge is 2.29. The largest absolute Gasteiger partial charge is 0.348 e. The number of halogens is 2. The monoisotopic (exact) mass is 258 g/mol. The van der Waals surface area contributed by atoms with Crippen molar-refractivity contribution in [2.45, 2.75) is 6.04 Å². The van der Waals surface area contributed by atoms with E-state index in [1.165, 1.54) is 12.1 Å². The van der Waals surface area contributed by atoms with Gasteiger partial charge < -0.3 is 4.90 Å². The van der Waals surface area contributed by atoms with Crippen molar-refractivity contribution in [3.8, 4) is 0 Å². The lowest BCUT2D eigenvalue weighted by Crippen LogP contribution is -2.21. The molecule has 86 valence electrons. The lowest BCUT2D eigenvalue weighted by atomic mass is 10.1. The van der Waals surface area contributed by atoms with E-state index < -0.39 is 0 Å². The molecule has 1 aromatic rings. The van der Waals surface area contributed by atoms with Crippen molar-refractivity contribution >= 4 is 29.3 Å². The summed E-state index contributed by atoms with van der Waals surface area (Å²) in [4.78, 5) is 6.94. The summed E-state index contributed by atoms with van der Waals surface area (Å²) in [7, 11) is 0. The number of hydrogen-bond donors (Lipinski definition) is 0. The van der Waals surface area contributed by atoms with Crippen LogP contribution in [0.15, 0.2) is 29.3 Å². The molecule has 1 saturated heterocycles. The van der Waals surface area contributed by atoms with Gasteiger partial charge in [-0.3, -0.25) is 4.99 Å². The molecular formula is C11H12ClFN2S. The van der Waals surface area contributed by atoms with E-state index in [1.54, 1.807) is 0 Å². The van der Waals surface area contributed by atoms with E-state index in [0.29, 0.717) is 0 Å². The second-order valence-corrected chi connectivity index (χ2v) is 4.84. The van der Waals surface area contributed by atoms with Crippen LogP contribution in [0.3, 0.4) is 0 Å². The Hall–Kier alpha value is -0.740. The Labute approximate surface area is 104 Å². The van der Waals surface area contributed by atoms with Gasteiger partial charge in [0, 0.05) is 18.8 Å². The Morgan fingerprint density at radius 2 is 2.06 bits per heavy atom. The fourth-order valence-corrected chi connectivity index (χ4v) is 3.01. The maximum atomic E-state index is 12.8. The van der Waals surface area contributed by atoms with Crippen LogP contribution in [-0.2, 0) is 0 Å². The van der Waals surface area contributed by atoms with E-state index in [0.717, 1.165) is 29.6 Å². The minimum Gasteiger partial charge on any atom is -0.348 e.